The summed E-state index contributed by atoms with van der Waals surface area (Å²) in [5.41, 5.74) is 0. The van der Waals surface area contributed by atoms with Gasteiger partial charge in [-0.3, -0.25) is 15.1 Å². The third-order valence-corrected chi connectivity index (χ3v) is 4.83. The first-order chi connectivity index (χ1) is 8.82. The normalized spacial score (nSPS) is 31.7. The SMILES string of the molecule is CC1CC(CN2C(C(Br)(Br)[N+](=O)[O-])=NCC2C)CO1. The van der Waals surface area contributed by atoms with E-state index in [4.69, 9.17) is 4.74 Å². The largest absolute Gasteiger partial charge is 0.382 e. The van der Waals surface area contributed by atoms with E-state index in [0.29, 0.717) is 24.9 Å². The van der Waals surface area contributed by atoms with Crippen LogP contribution in [0.5, 0.6) is 0 Å². The van der Waals surface area contributed by atoms with Crippen LogP contribution in [0.15, 0.2) is 4.99 Å². The van der Waals surface area contributed by atoms with Crippen molar-refractivity contribution >= 4 is 37.7 Å². The molecule has 0 radical (unpaired) electrons. The van der Waals surface area contributed by atoms with Gasteiger partial charge < -0.3 is 9.64 Å². The molecular weight excluding hydrogens is 382 g/mol. The monoisotopic (exact) mass is 397 g/mol. The Balaban J connectivity index is 2.09. The van der Waals surface area contributed by atoms with Crippen LogP contribution in [0.2, 0.25) is 0 Å². The minimum absolute atomic E-state index is 0.181. The van der Waals surface area contributed by atoms with E-state index in [2.05, 4.69) is 43.8 Å². The molecule has 19 heavy (non-hydrogen) atoms. The van der Waals surface area contributed by atoms with Crippen molar-refractivity contribution in [2.75, 3.05) is 19.7 Å². The number of aliphatic imine (C=N–C) groups is 1. The zero-order chi connectivity index (χ0) is 14.2. The van der Waals surface area contributed by atoms with E-state index in [-0.39, 0.29) is 12.1 Å². The van der Waals surface area contributed by atoms with E-state index >= 15 is 0 Å². The smallest absolute Gasteiger partial charge is 0.378 e. The Hall–Kier alpha value is -0.210. The highest BCUT2D eigenvalue weighted by molar-refractivity contribution is 9.25. The number of amidine groups is 1. The van der Waals surface area contributed by atoms with Crippen molar-refractivity contribution < 1.29 is 9.66 Å². The number of alkyl halides is 2. The molecule has 0 aromatic carbocycles. The predicted molar refractivity (Wildman–Crippen MR) is 79.6 cm³/mol. The third-order valence-electron chi connectivity index (χ3n) is 3.54. The molecule has 6 nitrogen and oxygen atoms in total. The highest BCUT2D eigenvalue weighted by Gasteiger charge is 2.49. The van der Waals surface area contributed by atoms with Crippen molar-refractivity contribution in [3.8, 4) is 0 Å². The van der Waals surface area contributed by atoms with Gasteiger partial charge in [0.25, 0.3) is 0 Å². The summed E-state index contributed by atoms with van der Waals surface area (Å²) in [6, 6.07) is 0.181. The van der Waals surface area contributed by atoms with Crippen LogP contribution in [-0.2, 0) is 4.74 Å². The maximum atomic E-state index is 11.1. The van der Waals surface area contributed by atoms with Crippen LogP contribution >= 0.6 is 31.9 Å². The fourth-order valence-electron chi connectivity index (χ4n) is 2.54. The summed E-state index contributed by atoms with van der Waals surface area (Å²) < 4.78 is 4.07. The Labute approximate surface area is 129 Å². The van der Waals surface area contributed by atoms with Crippen molar-refractivity contribution in [1.29, 1.82) is 0 Å². The van der Waals surface area contributed by atoms with Crippen molar-refractivity contribution in [1.82, 2.24) is 4.90 Å². The quantitative estimate of drug-likeness (QED) is 0.315. The lowest BCUT2D eigenvalue weighted by Crippen LogP contribution is -2.48. The number of rotatable bonds is 4. The van der Waals surface area contributed by atoms with E-state index in [9.17, 15) is 10.1 Å². The fraction of sp³-hybridized carbons (Fsp3) is 0.909. The molecule has 0 aromatic heterocycles. The number of hydrogen-bond acceptors (Lipinski definition) is 5. The van der Waals surface area contributed by atoms with Gasteiger partial charge in [-0.15, -0.1) is 0 Å². The molecule has 0 spiro atoms. The van der Waals surface area contributed by atoms with Gasteiger partial charge in [0.15, 0.2) is 0 Å². The molecule has 2 aliphatic rings. The molecule has 2 rings (SSSR count). The van der Waals surface area contributed by atoms with E-state index in [0.717, 1.165) is 13.0 Å². The lowest BCUT2D eigenvalue weighted by atomic mass is 10.1. The zero-order valence-electron chi connectivity index (χ0n) is 10.9. The van der Waals surface area contributed by atoms with Gasteiger partial charge in [-0.1, -0.05) is 0 Å². The van der Waals surface area contributed by atoms with Gasteiger partial charge in [0.2, 0.25) is 5.84 Å². The molecule has 0 aliphatic carbocycles. The zero-order valence-corrected chi connectivity index (χ0v) is 14.1. The molecule has 1 fully saturated rings. The van der Waals surface area contributed by atoms with Gasteiger partial charge in [0, 0.05) is 50.4 Å². The van der Waals surface area contributed by atoms with Gasteiger partial charge in [0.05, 0.1) is 24.2 Å². The van der Waals surface area contributed by atoms with Gasteiger partial charge in [-0.2, -0.15) is 0 Å². The molecule has 2 aliphatic heterocycles. The highest BCUT2D eigenvalue weighted by atomic mass is 79.9. The van der Waals surface area contributed by atoms with E-state index in [1.165, 1.54) is 0 Å². The highest BCUT2D eigenvalue weighted by Crippen LogP contribution is 2.34. The second-order valence-corrected chi connectivity index (χ2v) is 8.57. The van der Waals surface area contributed by atoms with E-state index in [1.54, 1.807) is 0 Å². The van der Waals surface area contributed by atoms with Crippen molar-refractivity contribution in [2.24, 2.45) is 10.9 Å². The van der Waals surface area contributed by atoms with Gasteiger partial charge >= 0.3 is 3.36 Å². The summed E-state index contributed by atoms with van der Waals surface area (Å²) in [5.74, 6) is 0.854. The first-order valence-corrected chi connectivity index (χ1v) is 7.86. The standard InChI is InChI=1S/C11H17Br2N3O3/c1-7-4-14-10(11(12,13)16(17)18)15(7)5-9-3-8(2)19-6-9/h7-9H,3-6H2,1-2H3. The summed E-state index contributed by atoms with van der Waals surface area (Å²) >= 11 is 6.23. The Kier molecular flexibility index (Phi) is 4.52. The maximum absolute atomic E-state index is 11.1. The molecule has 108 valence electrons. The van der Waals surface area contributed by atoms with Gasteiger partial charge in [0.1, 0.15) is 0 Å². The van der Waals surface area contributed by atoms with Crippen LogP contribution in [0, 0.1) is 16.0 Å². The number of nitrogens with zero attached hydrogens (tertiary/aromatic N) is 3. The Bertz CT molecular complexity index is 403. The van der Waals surface area contributed by atoms with Crippen molar-refractivity contribution in [3.63, 3.8) is 0 Å². The van der Waals surface area contributed by atoms with Gasteiger partial charge in [-0.25, -0.2) is 0 Å². The molecule has 0 saturated carbocycles. The summed E-state index contributed by atoms with van der Waals surface area (Å²) in [4.78, 5) is 17.0. The summed E-state index contributed by atoms with van der Waals surface area (Å²) in [6.07, 6.45) is 1.27. The fourth-order valence-corrected chi connectivity index (χ4v) is 3.25. The minimum atomic E-state index is -1.49. The second kappa shape index (κ2) is 5.65. The van der Waals surface area contributed by atoms with Crippen LogP contribution in [-0.4, -0.2) is 50.9 Å². The Morgan fingerprint density at radius 2 is 2.26 bits per heavy atom. The second-order valence-electron chi connectivity index (χ2n) is 5.21. The van der Waals surface area contributed by atoms with Crippen LogP contribution < -0.4 is 0 Å². The van der Waals surface area contributed by atoms with Crippen molar-refractivity contribution in [3.05, 3.63) is 10.1 Å². The Morgan fingerprint density at radius 3 is 2.79 bits per heavy atom. The third kappa shape index (κ3) is 3.11. The molecule has 0 bridgehead atoms. The molecule has 2 heterocycles. The molecule has 0 N–H and O–H groups in total. The molecular formula is C11H17Br2N3O3. The maximum Gasteiger partial charge on any atom is 0.382 e. The lowest BCUT2D eigenvalue weighted by Gasteiger charge is -2.29. The molecule has 0 aromatic rings. The molecule has 3 atom stereocenters. The van der Waals surface area contributed by atoms with E-state index in [1.807, 2.05) is 11.8 Å². The number of hydrogen-bond donors (Lipinski definition) is 0. The predicted octanol–water partition coefficient (Wildman–Crippen LogP) is 2.23. The van der Waals surface area contributed by atoms with Crippen LogP contribution in [0.25, 0.3) is 0 Å². The summed E-state index contributed by atoms with van der Waals surface area (Å²) in [6.45, 7) is 6.14. The minimum Gasteiger partial charge on any atom is -0.378 e. The molecule has 0 amide bonds. The first-order valence-electron chi connectivity index (χ1n) is 6.27. The average molecular weight is 399 g/mol. The van der Waals surface area contributed by atoms with Crippen LogP contribution in [0.4, 0.5) is 0 Å². The van der Waals surface area contributed by atoms with Gasteiger partial charge in [-0.05, 0) is 20.3 Å². The lowest BCUT2D eigenvalue weighted by molar-refractivity contribution is -0.486. The van der Waals surface area contributed by atoms with Crippen LogP contribution in [0.1, 0.15) is 20.3 Å². The molecule has 8 heteroatoms. The first kappa shape index (κ1) is 15.2. The topological polar surface area (TPSA) is 68.0 Å². The number of ether oxygens (including phenoxy) is 1. The summed E-state index contributed by atoms with van der Waals surface area (Å²) in [5, 5.41) is 11.1. The molecule has 1 saturated heterocycles. The van der Waals surface area contributed by atoms with Crippen molar-refractivity contribution in [2.45, 2.75) is 35.8 Å². The molecule has 3 unspecified atom stereocenters. The number of nitro groups is 1. The summed E-state index contributed by atoms with van der Waals surface area (Å²) in [7, 11) is 0. The number of halogens is 2. The average Bonchev–Trinajstić information content (AvgIpc) is 2.87. The Morgan fingerprint density at radius 1 is 1.58 bits per heavy atom. The van der Waals surface area contributed by atoms with Crippen LogP contribution in [0.3, 0.4) is 0 Å². The van der Waals surface area contributed by atoms with E-state index < -0.39 is 8.28 Å².